The Morgan fingerprint density at radius 2 is 2.40 bits per heavy atom. The summed E-state index contributed by atoms with van der Waals surface area (Å²) in [6, 6.07) is -0.465. The van der Waals surface area contributed by atoms with Gasteiger partial charge in [-0.2, -0.15) is 0 Å². The number of hydrogen-bond donors (Lipinski definition) is 2. The average Bonchev–Trinajstić information content (AvgIpc) is 2.50. The van der Waals surface area contributed by atoms with Crippen LogP contribution in [0.1, 0.15) is 20.3 Å². The summed E-state index contributed by atoms with van der Waals surface area (Å²) in [6.07, 6.45) is 2.33. The fourth-order valence-corrected chi connectivity index (χ4v) is 2.23. The van der Waals surface area contributed by atoms with E-state index in [1.807, 2.05) is 13.8 Å². The van der Waals surface area contributed by atoms with E-state index in [0.29, 0.717) is 17.5 Å². The van der Waals surface area contributed by atoms with E-state index < -0.39 is 6.04 Å². The summed E-state index contributed by atoms with van der Waals surface area (Å²) in [5.74, 6) is 0.235. The Morgan fingerprint density at radius 3 is 2.87 bits per heavy atom. The van der Waals surface area contributed by atoms with E-state index in [-0.39, 0.29) is 5.91 Å². The molecule has 0 aromatic carbocycles. The number of nitrogens with two attached hydrogens (primary N) is 1. The number of thiazole rings is 1. The third-order valence-electron chi connectivity index (χ3n) is 1.77. The molecule has 0 unspecified atom stereocenters. The highest BCUT2D eigenvalue weighted by Crippen LogP contribution is 2.23. The lowest BCUT2D eigenvalue weighted by molar-refractivity contribution is -0.117. The van der Waals surface area contributed by atoms with E-state index in [0.717, 1.165) is 3.79 Å². The van der Waals surface area contributed by atoms with Crippen LogP contribution in [0.3, 0.4) is 0 Å². The molecule has 0 saturated heterocycles. The average molecular weight is 292 g/mol. The maximum atomic E-state index is 11.6. The van der Waals surface area contributed by atoms with Gasteiger partial charge in [0, 0.05) is 0 Å². The first-order valence-corrected chi connectivity index (χ1v) is 6.27. The van der Waals surface area contributed by atoms with Crippen molar-refractivity contribution < 1.29 is 4.79 Å². The van der Waals surface area contributed by atoms with Crippen molar-refractivity contribution in [1.82, 2.24) is 4.98 Å². The normalized spacial score (nSPS) is 12.9. The van der Waals surface area contributed by atoms with E-state index in [1.165, 1.54) is 11.3 Å². The number of halogens is 1. The molecule has 1 heterocycles. The third-order valence-corrected chi connectivity index (χ3v) is 3.16. The van der Waals surface area contributed by atoms with Crippen molar-refractivity contribution in [2.75, 3.05) is 5.32 Å². The molecule has 1 rings (SSSR count). The van der Waals surface area contributed by atoms with Crippen LogP contribution in [0, 0.1) is 5.92 Å². The molecule has 15 heavy (non-hydrogen) atoms. The number of hydrogen-bond acceptors (Lipinski definition) is 4. The van der Waals surface area contributed by atoms with E-state index >= 15 is 0 Å². The molecular weight excluding hydrogens is 278 g/mol. The minimum absolute atomic E-state index is 0.175. The molecule has 0 aliphatic rings. The molecule has 0 fully saturated rings. The number of nitrogens with one attached hydrogen (secondary N) is 1. The number of carbonyl (C=O) groups excluding carboxylic acids is 1. The van der Waals surface area contributed by atoms with Crippen molar-refractivity contribution in [2.24, 2.45) is 11.7 Å². The van der Waals surface area contributed by atoms with Gasteiger partial charge in [-0.05, 0) is 28.3 Å². The summed E-state index contributed by atoms with van der Waals surface area (Å²) >= 11 is 4.64. The fraction of sp³-hybridized carbons (Fsp3) is 0.556. The smallest absolute Gasteiger partial charge is 0.243 e. The summed E-state index contributed by atoms with van der Waals surface area (Å²) in [7, 11) is 0. The lowest BCUT2D eigenvalue weighted by Crippen LogP contribution is -2.36. The first-order valence-electron chi connectivity index (χ1n) is 4.67. The molecule has 1 atom stereocenters. The van der Waals surface area contributed by atoms with Gasteiger partial charge in [0.05, 0.1) is 16.0 Å². The molecule has 0 aliphatic heterocycles. The number of carbonyl (C=O) groups is 1. The number of aromatic nitrogens is 1. The Hall–Kier alpha value is -0.460. The van der Waals surface area contributed by atoms with Crippen molar-refractivity contribution in [3.05, 3.63) is 9.98 Å². The number of rotatable bonds is 4. The molecule has 6 heteroatoms. The van der Waals surface area contributed by atoms with E-state index in [2.05, 4.69) is 26.2 Å². The van der Waals surface area contributed by atoms with Crippen LogP contribution in [0.25, 0.3) is 0 Å². The van der Waals surface area contributed by atoms with Crippen LogP contribution in [-0.2, 0) is 4.79 Å². The summed E-state index contributed by atoms with van der Waals surface area (Å²) in [5, 5.41) is 3.26. The summed E-state index contributed by atoms with van der Waals surface area (Å²) in [6.45, 7) is 4.07. The Kier molecular flexibility index (Phi) is 4.69. The first-order chi connectivity index (χ1) is 6.99. The van der Waals surface area contributed by atoms with Crippen molar-refractivity contribution in [2.45, 2.75) is 26.3 Å². The topological polar surface area (TPSA) is 68.0 Å². The van der Waals surface area contributed by atoms with Crippen LogP contribution >= 0.6 is 27.3 Å². The van der Waals surface area contributed by atoms with Gasteiger partial charge >= 0.3 is 0 Å². The highest BCUT2D eigenvalue weighted by atomic mass is 79.9. The highest BCUT2D eigenvalue weighted by Gasteiger charge is 2.16. The van der Waals surface area contributed by atoms with E-state index in [9.17, 15) is 4.79 Å². The molecule has 0 spiro atoms. The van der Waals surface area contributed by atoms with Gasteiger partial charge in [0.25, 0.3) is 0 Å². The molecule has 84 valence electrons. The summed E-state index contributed by atoms with van der Waals surface area (Å²) in [4.78, 5) is 15.6. The lowest BCUT2D eigenvalue weighted by Gasteiger charge is -2.12. The standard InChI is InChI=1S/C9H14BrN3OS/c1-5(2)3-6(11)8(14)13-9-12-4-7(10)15-9/h4-6H,3,11H2,1-2H3,(H,12,13,14)/t6-/m1/s1. The highest BCUT2D eigenvalue weighted by molar-refractivity contribution is 9.11. The molecule has 0 radical (unpaired) electrons. The van der Waals surface area contributed by atoms with Crippen molar-refractivity contribution in [1.29, 1.82) is 0 Å². The molecule has 1 amide bonds. The van der Waals surface area contributed by atoms with Crippen molar-refractivity contribution in [3.63, 3.8) is 0 Å². The van der Waals surface area contributed by atoms with Crippen molar-refractivity contribution >= 4 is 38.3 Å². The van der Waals surface area contributed by atoms with Gasteiger partial charge in [-0.1, -0.05) is 25.2 Å². The van der Waals surface area contributed by atoms with Gasteiger partial charge in [-0.3, -0.25) is 4.79 Å². The Balaban J connectivity index is 2.48. The molecule has 0 aliphatic carbocycles. The van der Waals surface area contributed by atoms with Crippen LogP contribution < -0.4 is 11.1 Å². The van der Waals surface area contributed by atoms with E-state index in [1.54, 1.807) is 6.20 Å². The molecule has 0 bridgehead atoms. The van der Waals surface area contributed by atoms with Gasteiger partial charge < -0.3 is 11.1 Å². The van der Waals surface area contributed by atoms with Crippen LogP contribution in [-0.4, -0.2) is 16.9 Å². The maximum Gasteiger partial charge on any atom is 0.243 e. The summed E-state index contributed by atoms with van der Waals surface area (Å²) < 4.78 is 0.884. The van der Waals surface area contributed by atoms with Crippen LogP contribution in [0.4, 0.5) is 5.13 Å². The Labute approximate surface area is 101 Å². The van der Waals surface area contributed by atoms with Gasteiger partial charge in [-0.25, -0.2) is 4.98 Å². The van der Waals surface area contributed by atoms with Crippen LogP contribution in [0.15, 0.2) is 9.98 Å². The zero-order chi connectivity index (χ0) is 11.4. The van der Waals surface area contributed by atoms with Gasteiger partial charge in [0.2, 0.25) is 5.91 Å². The maximum absolute atomic E-state index is 11.6. The summed E-state index contributed by atoms with van der Waals surface area (Å²) in [5.41, 5.74) is 5.73. The first kappa shape index (κ1) is 12.6. The predicted molar refractivity (Wildman–Crippen MR) is 65.9 cm³/mol. The zero-order valence-corrected chi connectivity index (χ0v) is 11.1. The lowest BCUT2D eigenvalue weighted by atomic mass is 10.0. The third kappa shape index (κ3) is 4.27. The monoisotopic (exact) mass is 291 g/mol. The second-order valence-corrected chi connectivity index (χ2v) is 6.10. The predicted octanol–water partition coefficient (Wildman–Crippen LogP) is 2.22. The number of anilines is 1. The molecule has 1 aromatic heterocycles. The molecule has 4 nitrogen and oxygen atoms in total. The second-order valence-electron chi connectivity index (χ2n) is 3.69. The second kappa shape index (κ2) is 5.58. The number of amides is 1. The van der Waals surface area contributed by atoms with Crippen LogP contribution in [0.2, 0.25) is 0 Å². The quantitative estimate of drug-likeness (QED) is 0.894. The van der Waals surface area contributed by atoms with Crippen LogP contribution in [0.5, 0.6) is 0 Å². The molecule has 0 saturated carbocycles. The van der Waals surface area contributed by atoms with Gasteiger partial charge in [0.1, 0.15) is 0 Å². The SMILES string of the molecule is CC(C)C[C@@H](N)C(=O)Nc1ncc(Br)s1. The van der Waals surface area contributed by atoms with E-state index in [4.69, 9.17) is 5.73 Å². The van der Waals surface area contributed by atoms with Crippen molar-refractivity contribution in [3.8, 4) is 0 Å². The largest absolute Gasteiger partial charge is 0.320 e. The number of nitrogens with zero attached hydrogens (tertiary/aromatic N) is 1. The van der Waals surface area contributed by atoms with Gasteiger partial charge in [-0.15, -0.1) is 0 Å². The van der Waals surface area contributed by atoms with Gasteiger partial charge in [0.15, 0.2) is 5.13 Å². The Morgan fingerprint density at radius 1 is 1.73 bits per heavy atom. The molecule has 1 aromatic rings. The Bertz CT molecular complexity index is 340. The molecule has 3 N–H and O–H groups in total. The zero-order valence-electron chi connectivity index (χ0n) is 8.66. The molecular formula is C9H14BrN3OS. The minimum Gasteiger partial charge on any atom is -0.320 e. The minimum atomic E-state index is -0.465. The fourth-order valence-electron chi connectivity index (χ4n) is 1.13.